The minimum atomic E-state index is -2.03. The van der Waals surface area contributed by atoms with E-state index in [-0.39, 0.29) is 23.3 Å². The van der Waals surface area contributed by atoms with Crippen LogP contribution in [-0.2, 0) is 10.8 Å². The molecule has 0 bridgehead atoms. The molecule has 0 amide bonds. The number of hydrogen-bond acceptors (Lipinski definition) is 1. The Balaban J connectivity index is 1.17. The Morgan fingerprint density at radius 2 is 0.868 bits per heavy atom. The predicted octanol–water partition coefficient (Wildman–Crippen LogP) is 18.2. The smallest absolute Gasteiger partial charge is 0.166 e. The Hall–Kier alpha value is -8.89. The van der Waals surface area contributed by atoms with E-state index in [4.69, 9.17) is 0 Å². The van der Waals surface area contributed by atoms with E-state index in [1.165, 1.54) is 12.1 Å². The van der Waals surface area contributed by atoms with Crippen LogP contribution < -0.4 is 4.90 Å². The van der Waals surface area contributed by atoms with Crippen molar-refractivity contribution in [2.45, 2.75) is 23.7 Å². The van der Waals surface area contributed by atoms with Gasteiger partial charge in [0, 0.05) is 40.3 Å². The lowest BCUT2D eigenvalue weighted by atomic mass is 9.65. The van der Waals surface area contributed by atoms with Gasteiger partial charge >= 0.3 is 0 Å². The molecule has 9 aromatic carbocycles. The zero-order valence-corrected chi connectivity index (χ0v) is 40.2. The van der Waals surface area contributed by atoms with Gasteiger partial charge in [-0.1, -0.05) is 147 Å². The minimum absolute atomic E-state index is 0.179. The number of fused-ring (bicyclic) bond motifs is 5. The van der Waals surface area contributed by atoms with E-state index >= 15 is 35.1 Å². The van der Waals surface area contributed by atoms with Gasteiger partial charge in [-0.05, 0) is 139 Å². The number of allylic oxidation sites excluding steroid dienone is 4. The third kappa shape index (κ3) is 7.03. The van der Waals surface area contributed by atoms with E-state index < -0.39 is 74.3 Å². The van der Waals surface area contributed by atoms with E-state index in [0.717, 1.165) is 0 Å². The van der Waals surface area contributed by atoms with Gasteiger partial charge in [0.15, 0.2) is 46.5 Å². The molecule has 3 aliphatic carbocycles. The van der Waals surface area contributed by atoms with Crippen molar-refractivity contribution in [3.63, 3.8) is 0 Å². The first-order valence-corrected chi connectivity index (χ1v) is 24.4. The number of hydrogen-bond donors (Lipinski definition) is 0. The predicted molar refractivity (Wildman–Crippen MR) is 282 cm³/mol. The number of anilines is 3. The van der Waals surface area contributed by atoms with Crippen LogP contribution in [0.3, 0.4) is 0 Å². The van der Waals surface area contributed by atoms with Gasteiger partial charge in [-0.3, -0.25) is 0 Å². The summed E-state index contributed by atoms with van der Waals surface area (Å²) < 4.78 is 145. The third-order valence-electron chi connectivity index (χ3n) is 15.3. The molecule has 0 saturated heterocycles. The highest BCUT2D eigenvalue weighted by Gasteiger charge is 2.53. The monoisotopic (exact) mass is 1020 g/mol. The van der Waals surface area contributed by atoms with Gasteiger partial charge in [0.05, 0.1) is 10.8 Å². The minimum Gasteiger partial charge on any atom is -0.310 e. The Kier molecular flexibility index (Phi) is 11.5. The van der Waals surface area contributed by atoms with Crippen molar-refractivity contribution in [2.75, 3.05) is 4.90 Å². The summed E-state index contributed by atoms with van der Waals surface area (Å²) in [5.41, 5.74) is 2.45. The second kappa shape index (κ2) is 18.2. The van der Waals surface area contributed by atoms with Gasteiger partial charge in [-0.15, -0.1) is 0 Å². The molecule has 76 heavy (non-hydrogen) atoms. The Morgan fingerprint density at radius 3 is 1.41 bits per heavy atom. The molecule has 10 heteroatoms. The fourth-order valence-corrected chi connectivity index (χ4v) is 12.0. The lowest BCUT2D eigenvalue weighted by Crippen LogP contribution is -2.33. The average molecular weight is 1020 g/mol. The molecule has 1 nitrogen and oxygen atoms in total. The molecule has 2 unspecified atom stereocenters. The molecule has 0 N–H and O–H groups in total. The van der Waals surface area contributed by atoms with Crippen LogP contribution >= 0.6 is 0 Å². The first-order valence-electron chi connectivity index (χ1n) is 24.4. The van der Waals surface area contributed by atoms with E-state index in [1.807, 2.05) is 18.2 Å². The second-order valence-electron chi connectivity index (χ2n) is 19.1. The first kappa shape index (κ1) is 48.1. The van der Waals surface area contributed by atoms with Crippen LogP contribution in [0.5, 0.6) is 0 Å². The number of nitrogens with zero attached hydrogens (tertiary/aromatic N) is 1. The topological polar surface area (TPSA) is 3.24 Å². The van der Waals surface area contributed by atoms with Crippen molar-refractivity contribution in [3.8, 4) is 22.3 Å². The van der Waals surface area contributed by atoms with Crippen molar-refractivity contribution in [1.29, 1.82) is 0 Å². The van der Waals surface area contributed by atoms with Crippen LogP contribution in [0.1, 0.15) is 68.5 Å². The quantitative estimate of drug-likeness (QED) is 0.0975. The fraction of sp³-hybridized carbons (Fsp3) is 0.0606. The highest BCUT2D eigenvalue weighted by Crippen LogP contribution is 2.61. The second-order valence-corrected chi connectivity index (χ2v) is 19.1. The summed E-state index contributed by atoms with van der Waals surface area (Å²) in [6.45, 7) is 7.73. The molecule has 0 heterocycles. The van der Waals surface area contributed by atoms with Crippen LogP contribution in [-0.4, -0.2) is 0 Å². The zero-order chi connectivity index (χ0) is 52.8. The molecule has 9 aromatic rings. The van der Waals surface area contributed by atoms with Crippen molar-refractivity contribution in [3.05, 3.63) is 309 Å². The molecule has 0 radical (unpaired) electrons. The lowest BCUT2D eigenvalue weighted by Gasteiger charge is -2.37. The standard InChI is InChI=1S/C66H40F9N/c1-3-37-13-21-41(22-14-37)65(59-61(72)55(68)35-56(69)62(59)73)51-11-7-5-9-47(51)49-31-29-45(33-53(49)65)76(44-27-19-40(20-28-44)39-17-25-43(67)26-18-39)46-30-32-50-48-10-6-8-12-52(48)66(54(50)34-46,42-23-15-38(4-2)16-24-42)60-63(74)57(70)36-58(71)64(60)75/h3-5,7-9,11-36H,1-2,6,10H2. The Labute approximate surface area is 432 Å². The number of benzene rings is 9. The summed E-state index contributed by atoms with van der Waals surface area (Å²) in [6, 6.07) is 44.4. The van der Waals surface area contributed by atoms with Crippen molar-refractivity contribution < 1.29 is 39.5 Å². The molecule has 2 atom stereocenters. The summed E-state index contributed by atoms with van der Waals surface area (Å²) in [5.74, 6) is -13.1. The van der Waals surface area contributed by atoms with E-state index in [1.54, 1.807) is 157 Å². The van der Waals surface area contributed by atoms with Crippen LogP contribution in [0, 0.1) is 52.4 Å². The van der Waals surface area contributed by atoms with Gasteiger partial charge in [0.2, 0.25) is 0 Å². The summed E-state index contributed by atoms with van der Waals surface area (Å²) in [7, 11) is 0. The largest absolute Gasteiger partial charge is 0.310 e. The highest BCUT2D eigenvalue weighted by atomic mass is 19.2. The highest BCUT2D eigenvalue weighted by molar-refractivity contribution is 5.93. The lowest BCUT2D eigenvalue weighted by molar-refractivity contribution is 0.425. The molecule has 0 aromatic heterocycles. The van der Waals surface area contributed by atoms with E-state index in [9.17, 15) is 4.39 Å². The Morgan fingerprint density at radius 1 is 0.421 bits per heavy atom. The summed E-state index contributed by atoms with van der Waals surface area (Å²) in [4.78, 5) is 1.81. The zero-order valence-electron chi connectivity index (χ0n) is 40.2. The molecule has 0 fully saturated rings. The normalized spacial score (nSPS) is 17.0. The summed E-state index contributed by atoms with van der Waals surface area (Å²) >= 11 is 0. The SMILES string of the molecule is C=Cc1ccc(C2(c3c(F)c(F)cc(F)c3F)C3=C(CCC=C3)c3ccc(N(c4ccc(-c5ccc(F)cc5)cc4)c4ccc5c(c4)C(c4ccc(C=C)cc4)(c4c(F)c(F)cc(F)c4F)c4ccccc4-5)cc32)cc1. The molecule has 3 aliphatic rings. The van der Waals surface area contributed by atoms with E-state index in [2.05, 4.69) is 13.2 Å². The first-order chi connectivity index (χ1) is 36.8. The van der Waals surface area contributed by atoms with Gasteiger partial charge in [-0.2, -0.15) is 0 Å². The number of halogens is 9. The maximum absolute atomic E-state index is 17.0. The van der Waals surface area contributed by atoms with Gasteiger partial charge < -0.3 is 4.90 Å². The average Bonchev–Trinajstić information content (AvgIpc) is 4.12. The molecule has 12 rings (SSSR count). The van der Waals surface area contributed by atoms with Crippen molar-refractivity contribution in [1.82, 2.24) is 0 Å². The molecular formula is C66H40F9N. The number of rotatable bonds is 10. The maximum atomic E-state index is 17.0. The molecule has 0 aliphatic heterocycles. The molecular weight excluding hydrogens is 978 g/mol. The Bertz CT molecular complexity index is 3900. The van der Waals surface area contributed by atoms with Gasteiger partial charge in [0.1, 0.15) is 5.82 Å². The summed E-state index contributed by atoms with van der Waals surface area (Å²) in [6.07, 6.45) is 7.78. The summed E-state index contributed by atoms with van der Waals surface area (Å²) in [5, 5.41) is 0. The van der Waals surface area contributed by atoms with E-state index in [0.29, 0.717) is 96.7 Å². The van der Waals surface area contributed by atoms with Crippen LogP contribution in [0.2, 0.25) is 0 Å². The van der Waals surface area contributed by atoms with Crippen LogP contribution in [0.15, 0.2) is 201 Å². The molecule has 372 valence electrons. The van der Waals surface area contributed by atoms with Gasteiger partial charge in [-0.25, -0.2) is 39.5 Å². The molecule has 0 spiro atoms. The third-order valence-corrected chi connectivity index (χ3v) is 15.3. The fourth-order valence-electron chi connectivity index (χ4n) is 12.0. The van der Waals surface area contributed by atoms with Crippen LogP contribution in [0.25, 0.3) is 40.0 Å². The van der Waals surface area contributed by atoms with Gasteiger partial charge in [0.25, 0.3) is 0 Å². The van der Waals surface area contributed by atoms with Crippen LogP contribution in [0.4, 0.5) is 56.6 Å². The van der Waals surface area contributed by atoms with Crippen molar-refractivity contribution in [2.24, 2.45) is 0 Å². The van der Waals surface area contributed by atoms with Crippen molar-refractivity contribution >= 4 is 34.8 Å². The maximum Gasteiger partial charge on any atom is 0.166 e. The molecule has 0 saturated carbocycles.